The third-order valence-corrected chi connectivity index (χ3v) is 14.0. The molecule has 8 rings (SSSR count). The Labute approximate surface area is 424 Å². The number of halogens is 6. The lowest BCUT2D eigenvalue weighted by atomic mass is 10.2. The van der Waals surface area contributed by atoms with Gasteiger partial charge in [-0.05, 0) is 73.5 Å². The first kappa shape index (κ1) is 56.2. The summed E-state index contributed by atoms with van der Waals surface area (Å²) in [7, 11) is -6.02. The van der Waals surface area contributed by atoms with Crippen molar-refractivity contribution in [1.29, 1.82) is 0 Å². The van der Waals surface area contributed by atoms with E-state index in [9.17, 15) is 52.8 Å². The van der Waals surface area contributed by atoms with Crippen molar-refractivity contribution >= 4 is 66.6 Å². The fourth-order valence-electron chi connectivity index (χ4n) is 7.24. The molecule has 0 unspecified atom stereocenters. The molecule has 4 N–H and O–H groups in total. The van der Waals surface area contributed by atoms with Crippen molar-refractivity contribution in [3.8, 4) is 11.5 Å². The summed E-state index contributed by atoms with van der Waals surface area (Å²) in [6.07, 6.45) is 3.28. The first-order chi connectivity index (χ1) is 35.3. The second-order valence-electron chi connectivity index (χ2n) is 15.7. The van der Waals surface area contributed by atoms with Crippen LogP contribution < -0.4 is 30.5 Å². The number of benzene rings is 2. The highest BCUT2D eigenvalue weighted by molar-refractivity contribution is 7.90. The molecule has 0 aliphatic carbocycles. The molecule has 0 radical (unpaired) electrons. The second-order valence-corrected chi connectivity index (χ2v) is 19.4. The summed E-state index contributed by atoms with van der Waals surface area (Å²) >= 11 is 0. The molecule has 0 atom stereocenters. The van der Waals surface area contributed by atoms with Crippen LogP contribution in [0.3, 0.4) is 0 Å². The summed E-state index contributed by atoms with van der Waals surface area (Å²) < 4.78 is 147. The summed E-state index contributed by atoms with van der Waals surface area (Å²) in [6, 6.07) is 19.2. The van der Waals surface area contributed by atoms with E-state index in [1.165, 1.54) is 28.6 Å². The van der Waals surface area contributed by atoms with Gasteiger partial charge >= 0.3 is 49.1 Å². The molecular formula is C44H48F6N12O11S2. The van der Waals surface area contributed by atoms with Crippen LogP contribution in [-0.4, -0.2) is 139 Å². The molecule has 2 aliphatic heterocycles. The van der Waals surface area contributed by atoms with Gasteiger partial charge in [-0.3, -0.25) is 23.6 Å². The number of imidazole rings is 2. The number of carbonyl (C=O) groups excluding carboxylic acids is 1. The van der Waals surface area contributed by atoms with Crippen LogP contribution in [0.25, 0.3) is 11.3 Å². The maximum Gasteiger partial charge on any atom is 0.516 e. The van der Waals surface area contributed by atoms with E-state index in [2.05, 4.69) is 25.5 Å². The number of sulfonamides is 2. The number of hydrogen-bond acceptors (Lipinski definition) is 17. The van der Waals surface area contributed by atoms with Crippen molar-refractivity contribution in [3.63, 3.8) is 0 Å². The van der Waals surface area contributed by atoms with Gasteiger partial charge in [-0.2, -0.15) is 43.2 Å². The maximum atomic E-state index is 13.0. The average Bonchev–Trinajstić information content (AvgIpc) is 3.91. The zero-order chi connectivity index (χ0) is 55.2. The van der Waals surface area contributed by atoms with Gasteiger partial charge in [-0.15, -0.1) is 10.2 Å². The minimum Gasteiger partial charge on any atom is -0.495 e. The number of nitrogens with zero attached hydrogens (tertiary/aromatic N) is 10. The lowest BCUT2D eigenvalue weighted by molar-refractivity contribution is -0.0482. The Balaban J connectivity index is 0.000000204. The van der Waals surface area contributed by atoms with Crippen molar-refractivity contribution in [2.24, 2.45) is 15.9 Å². The average molecular weight is 1100 g/mol. The largest absolute Gasteiger partial charge is 0.516 e. The van der Waals surface area contributed by atoms with Crippen LogP contribution in [0.2, 0.25) is 0 Å². The first-order valence-corrected chi connectivity index (χ1v) is 24.6. The number of nitrogens with one attached hydrogen (secondary N) is 1. The Kier molecular flexibility index (Phi) is 16.9. The molecule has 0 bridgehead atoms. The second kappa shape index (κ2) is 22.6. The van der Waals surface area contributed by atoms with Crippen molar-refractivity contribution in [2.45, 2.75) is 38.0 Å². The molecule has 31 heteroatoms. The van der Waals surface area contributed by atoms with Crippen molar-refractivity contribution in [3.05, 3.63) is 119 Å². The number of hydrogen-bond donors (Lipinski definition) is 3. The van der Waals surface area contributed by atoms with Gasteiger partial charge in [0.05, 0.1) is 89.8 Å². The fraction of sp³-hybridized carbons (Fsp3) is 0.318. The monoisotopic (exact) mass is 1100 g/mol. The number of aryl methyl sites for hydroxylation is 2. The van der Waals surface area contributed by atoms with Crippen LogP contribution in [0, 0.1) is 13.8 Å². The van der Waals surface area contributed by atoms with E-state index in [1.54, 1.807) is 103 Å². The molecule has 0 fully saturated rings. The Morgan fingerprint density at radius 1 is 0.613 bits per heavy atom. The Hall–Kier alpha value is -8.06. The number of carboxylic acid groups (broad SMARTS) is 1. The van der Waals surface area contributed by atoms with Gasteiger partial charge in [0.25, 0.3) is 5.91 Å². The van der Waals surface area contributed by atoms with Crippen LogP contribution in [0.15, 0.2) is 95.4 Å². The molecular weight excluding hydrogens is 1050 g/mol. The summed E-state index contributed by atoms with van der Waals surface area (Å²) in [5.74, 6) is -0.153. The number of carboxylic acids is 1. The standard InChI is InChI=1S/C22H23F3N6O5S.C12H15F3N4O3S.C10H10N2O3/c1-14-19(29-13-17(35-2)8-9-18(29)27-14)20(32)26-12-15-4-6-16(7-5-15)30-10-11-31(21(28-30)36-3)37(33,34)22(23,24)25;1-22-11-17-18(10-4-2-9(8-16)3-5-10)6-7-19(11)23(20,21)12(13,14)15;1-6-9(10(13)14)12-5-7(15-2)3-4-8(12)11-6/h4-9,13H,10-12H2,1-3H3,(H,26,32);2-5H,6-8,16H2,1H3;3-5H,1-2H3,(H,13,14). The number of amidine groups is 2. The Bertz CT molecular complexity index is 3340. The predicted octanol–water partition coefficient (Wildman–Crippen LogP) is 4.85. The number of rotatable bonds is 11. The number of carbonyl (C=O) groups is 2. The summed E-state index contributed by atoms with van der Waals surface area (Å²) in [5.41, 5.74) is 0.0980. The number of alkyl halides is 6. The van der Waals surface area contributed by atoms with Gasteiger partial charge in [-0.1, -0.05) is 24.3 Å². The Morgan fingerprint density at radius 3 is 1.39 bits per heavy atom. The molecule has 75 heavy (non-hydrogen) atoms. The molecule has 0 saturated carbocycles. The van der Waals surface area contributed by atoms with Crippen molar-refractivity contribution in [2.75, 3.05) is 64.6 Å². The number of amides is 1. The van der Waals surface area contributed by atoms with E-state index in [4.69, 9.17) is 29.8 Å². The van der Waals surface area contributed by atoms with Crippen LogP contribution in [0.5, 0.6) is 11.5 Å². The van der Waals surface area contributed by atoms with Gasteiger partial charge in [0.2, 0.25) is 0 Å². The molecule has 0 spiro atoms. The number of aromatic carboxylic acids is 1. The normalized spacial score (nSPS) is 14.3. The van der Waals surface area contributed by atoms with Gasteiger partial charge in [0.15, 0.2) is 5.69 Å². The van der Waals surface area contributed by atoms with Crippen LogP contribution in [0.4, 0.5) is 37.7 Å². The third kappa shape index (κ3) is 12.2. The highest BCUT2D eigenvalue weighted by Crippen LogP contribution is 2.31. The number of pyridine rings is 2. The lowest BCUT2D eigenvalue weighted by Gasteiger charge is -2.32. The SMILES string of the molecule is COC1=NN(c2ccc(CN)cc2)CCN1S(=O)(=O)C(F)(F)F.COC1=NN(c2ccc(CNC(=O)c3c(C)nc4ccc(OC)cn34)cc2)CCN1S(=O)(=O)C(F)(F)F.COc1ccc2nc(C)c(C(=O)O)n2c1. The number of nitrogens with two attached hydrogens (primary N) is 1. The van der Waals surface area contributed by atoms with Gasteiger partial charge in [0, 0.05) is 13.1 Å². The molecule has 0 saturated heterocycles. The van der Waals surface area contributed by atoms with Gasteiger partial charge in [0.1, 0.15) is 28.5 Å². The minimum atomic E-state index is -5.63. The molecule has 6 aromatic rings. The molecule has 23 nitrogen and oxygen atoms in total. The topological polar surface area (TPSA) is 270 Å². The lowest BCUT2D eigenvalue weighted by Crippen LogP contribution is -2.51. The van der Waals surface area contributed by atoms with Crippen molar-refractivity contribution in [1.82, 2.24) is 32.7 Å². The number of hydrazone groups is 2. The van der Waals surface area contributed by atoms with E-state index >= 15 is 0 Å². The molecule has 404 valence electrons. The smallest absolute Gasteiger partial charge is 0.495 e. The first-order valence-electron chi connectivity index (χ1n) is 21.7. The number of fused-ring (bicyclic) bond motifs is 2. The van der Waals surface area contributed by atoms with E-state index in [0.29, 0.717) is 57.8 Å². The third-order valence-electron chi connectivity index (χ3n) is 11.0. The number of anilines is 2. The molecule has 6 heterocycles. The van der Waals surface area contributed by atoms with Crippen LogP contribution >= 0.6 is 0 Å². The van der Waals surface area contributed by atoms with Gasteiger partial charge < -0.3 is 35.1 Å². The Morgan fingerprint density at radius 2 is 1.01 bits per heavy atom. The summed E-state index contributed by atoms with van der Waals surface area (Å²) in [5, 5.41) is 22.3. The number of methoxy groups -OCH3 is 4. The summed E-state index contributed by atoms with van der Waals surface area (Å²) in [4.78, 5) is 32.4. The highest BCUT2D eigenvalue weighted by atomic mass is 32.2. The quantitative estimate of drug-likeness (QED) is 0.146. The maximum absolute atomic E-state index is 13.0. The molecule has 2 aromatic carbocycles. The van der Waals surface area contributed by atoms with E-state index in [-0.39, 0.29) is 39.8 Å². The zero-order valence-corrected chi connectivity index (χ0v) is 42.1. The number of aromatic nitrogens is 4. The number of ether oxygens (including phenoxy) is 4. The summed E-state index contributed by atoms with van der Waals surface area (Å²) in [6.45, 7) is 2.83. The highest BCUT2D eigenvalue weighted by Gasteiger charge is 2.53. The fourth-order valence-corrected chi connectivity index (χ4v) is 9.02. The van der Waals surface area contributed by atoms with E-state index < -0.39 is 62.2 Å². The predicted molar refractivity (Wildman–Crippen MR) is 259 cm³/mol. The minimum absolute atomic E-state index is 0.0514. The van der Waals surface area contributed by atoms with E-state index in [1.807, 2.05) is 0 Å². The molecule has 1 amide bonds. The molecule has 2 aliphatic rings. The molecule has 4 aromatic heterocycles. The van der Waals surface area contributed by atoms with Crippen molar-refractivity contribution < 1.29 is 76.8 Å². The van der Waals surface area contributed by atoms with Crippen LogP contribution in [0.1, 0.15) is 43.5 Å². The van der Waals surface area contributed by atoms with Crippen LogP contribution in [-0.2, 0) is 42.6 Å². The zero-order valence-electron chi connectivity index (χ0n) is 40.5. The van der Waals surface area contributed by atoms with Gasteiger partial charge in [-0.25, -0.2) is 23.4 Å². The van der Waals surface area contributed by atoms with E-state index in [0.717, 1.165) is 25.3 Å².